The van der Waals surface area contributed by atoms with E-state index in [1.54, 1.807) is 11.0 Å². The van der Waals surface area contributed by atoms with Crippen molar-refractivity contribution >= 4 is 10.0 Å². The number of aromatic nitrogens is 3. The molecule has 1 aliphatic carbocycles. The third kappa shape index (κ3) is 4.02. The summed E-state index contributed by atoms with van der Waals surface area (Å²) in [5, 5.41) is 24.9. The molecule has 168 valence electrons. The molecular weight excluding hydrogens is 432 g/mol. The molecule has 1 fully saturated rings. The van der Waals surface area contributed by atoms with E-state index in [9.17, 15) is 18.6 Å². The topological polar surface area (TPSA) is 118 Å². The van der Waals surface area contributed by atoms with Gasteiger partial charge in [-0.25, -0.2) is 4.98 Å². The first-order valence-electron chi connectivity index (χ1n) is 10.5. The molecule has 3 aromatic rings. The van der Waals surface area contributed by atoms with E-state index < -0.39 is 22.2 Å². The third-order valence-corrected chi connectivity index (χ3v) is 7.32. The van der Waals surface area contributed by atoms with E-state index in [0.29, 0.717) is 18.1 Å². The standard InChI is InChI=1S/C22H24N4O5S/c27-14-19(15-4-2-1-3-5-15)22(28)25-11-16-12-26(24-20(16)13-25)32(29,30)18-8-9-21(23-10-18)31-17-6-7-17/h1-5,8-10,12,17,19,22,27-28H,6-7,11,13-14H2/t19-,22?/m1/s1. The number of benzene rings is 1. The van der Waals surface area contributed by atoms with Gasteiger partial charge in [0.1, 0.15) is 17.2 Å². The zero-order valence-corrected chi connectivity index (χ0v) is 18.1. The Morgan fingerprint density at radius 3 is 2.53 bits per heavy atom. The average molecular weight is 457 g/mol. The molecule has 32 heavy (non-hydrogen) atoms. The van der Waals surface area contributed by atoms with Gasteiger partial charge in [0.2, 0.25) is 5.88 Å². The second-order valence-corrected chi connectivity index (χ2v) is 9.94. The number of fused-ring (bicyclic) bond motifs is 1. The van der Waals surface area contributed by atoms with Crippen molar-refractivity contribution in [2.75, 3.05) is 6.61 Å². The fraction of sp³-hybridized carbons (Fsp3) is 0.364. The highest BCUT2D eigenvalue weighted by Gasteiger charge is 2.34. The molecule has 0 amide bonds. The normalized spacial score (nSPS) is 18.3. The highest BCUT2D eigenvalue weighted by Crippen LogP contribution is 2.30. The number of rotatable bonds is 8. The number of hydrogen-bond acceptors (Lipinski definition) is 8. The van der Waals surface area contributed by atoms with Crippen molar-refractivity contribution in [3.8, 4) is 5.88 Å². The van der Waals surface area contributed by atoms with Crippen LogP contribution in [0.15, 0.2) is 59.8 Å². The number of hydrogen-bond donors (Lipinski definition) is 2. The Morgan fingerprint density at radius 2 is 1.91 bits per heavy atom. The quantitative estimate of drug-likeness (QED) is 0.523. The van der Waals surface area contributed by atoms with Gasteiger partial charge in [0.25, 0.3) is 10.0 Å². The number of pyridine rings is 1. The van der Waals surface area contributed by atoms with Gasteiger partial charge >= 0.3 is 0 Å². The van der Waals surface area contributed by atoms with Crippen molar-refractivity contribution in [3.05, 3.63) is 71.7 Å². The summed E-state index contributed by atoms with van der Waals surface area (Å²) >= 11 is 0. The Hall–Kier alpha value is -2.79. The van der Waals surface area contributed by atoms with Gasteiger partial charge in [0.15, 0.2) is 0 Å². The van der Waals surface area contributed by atoms with E-state index in [1.807, 2.05) is 30.3 Å². The number of aliphatic hydroxyl groups is 2. The van der Waals surface area contributed by atoms with E-state index in [0.717, 1.165) is 28.1 Å². The summed E-state index contributed by atoms with van der Waals surface area (Å²) in [7, 11) is -3.88. The fourth-order valence-corrected chi connectivity index (χ4v) is 4.96. The van der Waals surface area contributed by atoms with Gasteiger partial charge in [-0.15, -0.1) is 0 Å². The number of ether oxygens (including phenoxy) is 1. The van der Waals surface area contributed by atoms with Crippen molar-refractivity contribution in [3.63, 3.8) is 0 Å². The molecule has 0 bridgehead atoms. The fourth-order valence-electron chi connectivity index (χ4n) is 3.84. The molecule has 2 aromatic heterocycles. The van der Waals surface area contributed by atoms with Crippen molar-refractivity contribution in [1.29, 1.82) is 0 Å². The van der Waals surface area contributed by atoms with Crippen LogP contribution in [0.1, 0.15) is 35.6 Å². The number of aliphatic hydroxyl groups excluding tert-OH is 2. The Kier molecular flexibility index (Phi) is 5.46. The Bertz CT molecular complexity index is 1170. The summed E-state index contributed by atoms with van der Waals surface area (Å²) in [4.78, 5) is 5.90. The summed E-state index contributed by atoms with van der Waals surface area (Å²) in [6.45, 7) is 0.414. The van der Waals surface area contributed by atoms with Gasteiger partial charge in [0, 0.05) is 36.8 Å². The maximum Gasteiger partial charge on any atom is 0.284 e. The minimum atomic E-state index is -3.88. The molecule has 5 rings (SSSR count). The molecule has 1 aliphatic heterocycles. The molecule has 0 saturated heterocycles. The molecule has 2 N–H and O–H groups in total. The Balaban J connectivity index is 1.30. The van der Waals surface area contributed by atoms with Crippen LogP contribution < -0.4 is 4.74 Å². The summed E-state index contributed by atoms with van der Waals surface area (Å²) in [6, 6.07) is 12.3. The lowest BCUT2D eigenvalue weighted by atomic mass is 9.97. The van der Waals surface area contributed by atoms with Gasteiger partial charge in [0.05, 0.1) is 18.5 Å². The maximum atomic E-state index is 13.0. The molecule has 1 saturated carbocycles. The van der Waals surface area contributed by atoms with Gasteiger partial charge in [-0.05, 0) is 24.5 Å². The van der Waals surface area contributed by atoms with Crippen LogP contribution in [0.2, 0.25) is 0 Å². The predicted octanol–water partition coefficient (Wildman–Crippen LogP) is 1.47. The van der Waals surface area contributed by atoms with Crippen molar-refractivity contribution in [2.45, 2.75) is 49.1 Å². The van der Waals surface area contributed by atoms with Crippen LogP contribution in [0.4, 0.5) is 0 Å². The highest BCUT2D eigenvalue weighted by molar-refractivity contribution is 7.89. The molecule has 1 aromatic carbocycles. The minimum absolute atomic E-state index is 0.0307. The SMILES string of the molecule is O=S(=O)(c1ccc(OC2CC2)nc1)n1cc2c(n1)CN(C(O)[C@H](CO)c1ccccc1)C2. The maximum absolute atomic E-state index is 13.0. The molecule has 0 radical (unpaired) electrons. The van der Waals surface area contributed by atoms with Gasteiger partial charge < -0.3 is 14.9 Å². The zero-order chi connectivity index (χ0) is 22.3. The summed E-state index contributed by atoms with van der Waals surface area (Å²) in [5.74, 6) is -0.0607. The van der Waals surface area contributed by atoms with Crippen molar-refractivity contribution in [2.24, 2.45) is 0 Å². The lowest BCUT2D eigenvalue weighted by Gasteiger charge is -2.29. The Morgan fingerprint density at radius 1 is 1.12 bits per heavy atom. The molecule has 1 unspecified atom stereocenters. The third-order valence-electron chi connectivity index (χ3n) is 5.81. The largest absolute Gasteiger partial charge is 0.474 e. The first kappa shape index (κ1) is 21.1. The molecule has 10 heteroatoms. The summed E-state index contributed by atoms with van der Waals surface area (Å²) < 4.78 is 32.5. The van der Waals surface area contributed by atoms with E-state index in [1.165, 1.54) is 18.5 Å². The van der Waals surface area contributed by atoms with Gasteiger partial charge in [-0.1, -0.05) is 30.3 Å². The van der Waals surface area contributed by atoms with Gasteiger partial charge in [-0.2, -0.15) is 17.6 Å². The smallest absolute Gasteiger partial charge is 0.284 e. The summed E-state index contributed by atoms with van der Waals surface area (Å²) in [6.07, 6.45) is 4.01. The van der Waals surface area contributed by atoms with E-state index in [-0.39, 0.29) is 24.2 Å². The monoisotopic (exact) mass is 456 g/mol. The second-order valence-electron chi connectivity index (χ2n) is 8.15. The first-order valence-corrected chi connectivity index (χ1v) is 11.9. The average Bonchev–Trinajstić information content (AvgIpc) is 3.37. The first-order chi connectivity index (χ1) is 15.5. The van der Waals surface area contributed by atoms with Crippen LogP contribution in [-0.4, -0.2) is 56.6 Å². The van der Waals surface area contributed by atoms with E-state index >= 15 is 0 Å². The molecule has 9 nitrogen and oxygen atoms in total. The highest BCUT2D eigenvalue weighted by atomic mass is 32.2. The lowest BCUT2D eigenvalue weighted by Crippen LogP contribution is -2.37. The molecule has 2 aliphatic rings. The zero-order valence-electron chi connectivity index (χ0n) is 17.3. The van der Waals surface area contributed by atoms with Gasteiger partial charge in [-0.3, -0.25) is 4.90 Å². The molecule has 0 spiro atoms. The van der Waals surface area contributed by atoms with E-state index in [4.69, 9.17) is 4.74 Å². The number of nitrogens with zero attached hydrogens (tertiary/aromatic N) is 4. The van der Waals surface area contributed by atoms with Crippen LogP contribution in [0.25, 0.3) is 0 Å². The van der Waals surface area contributed by atoms with Crippen LogP contribution in [-0.2, 0) is 23.1 Å². The van der Waals surface area contributed by atoms with Crippen LogP contribution in [0, 0.1) is 0 Å². The van der Waals surface area contributed by atoms with Crippen molar-refractivity contribution < 1.29 is 23.4 Å². The Labute approximate surface area is 186 Å². The summed E-state index contributed by atoms with van der Waals surface area (Å²) in [5.41, 5.74) is 2.14. The minimum Gasteiger partial charge on any atom is -0.474 e. The van der Waals surface area contributed by atoms with Crippen LogP contribution in [0.3, 0.4) is 0 Å². The second kappa shape index (κ2) is 8.28. The predicted molar refractivity (Wildman–Crippen MR) is 114 cm³/mol. The van der Waals surface area contributed by atoms with Crippen LogP contribution >= 0.6 is 0 Å². The molecule has 2 atom stereocenters. The van der Waals surface area contributed by atoms with Crippen molar-refractivity contribution in [1.82, 2.24) is 19.1 Å². The molecular formula is C22H24N4O5S. The van der Waals surface area contributed by atoms with E-state index in [2.05, 4.69) is 10.1 Å². The van der Waals surface area contributed by atoms with Crippen LogP contribution in [0.5, 0.6) is 5.88 Å². The molecule has 3 heterocycles. The lowest BCUT2D eigenvalue weighted by molar-refractivity contribution is -0.0336.